The van der Waals surface area contributed by atoms with E-state index in [4.69, 9.17) is 0 Å². The van der Waals surface area contributed by atoms with Crippen LogP contribution in [0.25, 0.3) is 0 Å². The Morgan fingerprint density at radius 2 is 1.40 bits per heavy atom. The molecule has 0 bridgehead atoms. The molecule has 0 rings (SSSR count). The Morgan fingerprint density at radius 3 is 1.40 bits per heavy atom. The standard InChI is InChI=1S/C5H10.C5H8/c2*1-4-5(2)3/h4H,1-3H3;4H,1-2H2,3H3. The highest BCUT2D eigenvalue weighted by atomic mass is 13.7. The quantitative estimate of drug-likeness (QED) is 0.382. The van der Waals surface area contributed by atoms with Gasteiger partial charge in [0.25, 0.3) is 0 Å². The van der Waals surface area contributed by atoms with E-state index in [1.807, 2.05) is 13.8 Å². The first-order valence-electron chi connectivity index (χ1n) is 3.42. The van der Waals surface area contributed by atoms with Gasteiger partial charge in [0, 0.05) is 0 Å². The minimum Gasteiger partial charge on any atom is -0.0988 e. The number of hydrogen-bond acceptors (Lipinski definition) is 0. The maximum absolute atomic E-state index is 3.56. The Kier molecular flexibility index (Phi) is 9.82. The van der Waals surface area contributed by atoms with Crippen molar-refractivity contribution in [2.45, 2.75) is 27.7 Å². The second kappa shape index (κ2) is 8.22. The Balaban J connectivity index is 0. The van der Waals surface area contributed by atoms with Crippen LogP contribution in [0.2, 0.25) is 0 Å². The number of allylic oxidation sites excluding steroid dienone is 4. The second-order valence-electron chi connectivity index (χ2n) is 2.42. The fraction of sp³-hybridized carbons (Fsp3) is 0.400. The lowest BCUT2D eigenvalue weighted by Gasteiger charge is -1.74. The maximum Gasteiger partial charge on any atom is -0.0404 e. The van der Waals surface area contributed by atoms with Crippen molar-refractivity contribution in [1.82, 2.24) is 0 Å². The number of rotatable bonds is 1. The Labute approximate surface area is 65.0 Å². The van der Waals surface area contributed by atoms with Crippen LogP contribution in [-0.4, -0.2) is 0 Å². The van der Waals surface area contributed by atoms with E-state index in [1.165, 1.54) is 5.57 Å². The molecule has 0 saturated carbocycles. The lowest BCUT2D eigenvalue weighted by atomic mass is 10.3. The molecule has 0 saturated heterocycles. The van der Waals surface area contributed by atoms with E-state index < -0.39 is 0 Å². The fourth-order valence-electron chi connectivity index (χ4n) is 0. The summed E-state index contributed by atoms with van der Waals surface area (Å²) in [5.74, 6) is 0. The summed E-state index contributed by atoms with van der Waals surface area (Å²) >= 11 is 0. The van der Waals surface area contributed by atoms with E-state index >= 15 is 0 Å². The van der Waals surface area contributed by atoms with Gasteiger partial charge >= 0.3 is 0 Å². The number of hydrogen-bond donors (Lipinski definition) is 0. The molecule has 0 aromatic rings. The van der Waals surface area contributed by atoms with Crippen molar-refractivity contribution in [3.05, 3.63) is 36.5 Å². The van der Waals surface area contributed by atoms with Gasteiger partial charge in [-0.25, -0.2) is 0 Å². The molecule has 0 amide bonds. The van der Waals surface area contributed by atoms with Gasteiger partial charge in [0.15, 0.2) is 0 Å². The molecule has 0 aromatic heterocycles. The molecule has 0 heteroatoms. The first-order valence-corrected chi connectivity index (χ1v) is 3.42. The molecule has 0 aromatic carbocycles. The van der Waals surface area contributed by atoms with Gasteiger partial charge in [-0.3, -0.25) is 0 Å². The van der Waals surface area contributed by atoms with Gasteiger partial charge in [0.1, 0.15) is 0 Å². The molecule has 0 unspecified atom stereocenters. The smallest absolute Gasteiger partial charge is 0.0404 e. The third-order valence-corrected chi connectivity index (χ3v) is 0.926. The van der Waals surface area contributed by atoms with Crippen LogP contribution in [0.4, 0.5) is 0 Å². The first kappa shape index (κ1) is 12.0. The Morgan fingerprint density at radius 1 is 1.20 bits per heavy atom. The minimum atomic E-state index is 1.02. The summed E-state index contributed by atoms with van der Waals surface area (Å²) in [6.45, 7) is 15.1. The molecule has 0 atom stereocenters. The van der Waals surface area contributed by atoms with E-state index in [0.717, 1.165) is 5.57 Å². The summed E-state index contributed by atoms with van der Waals surface area (Å²) in [6.07, 6.45) is 3.81. The molecular weight excluding hydrogens is 120 g/mol. The lowest BCUT2D eigenvalue weighted by molar-refractivity contribution is 1.36. The third-order valence-electron chi connectivity index (χ3n) is 0.926. The average Bonchev–Trinajstić information content (AvgIpc) is 1.89. The first-order chi connectivity index (χ1) is 4.54. The highest BCUT2D eigenvalue weighted by molar-refractivity contribution is 5.05. The topological polar surface area (TPSA) is 0 Å². The van der Waals surface area contributed by atoms with Gasteiger partial charge in [-0.15, -0.1) is 0 Å². The largest absolute Gasteiger partial charge is 0.0988 e. The summed E-state index contributed by atoms with van der Waals surface area (Å²) in [7, 11) is 0. The van der Waals surface area contributed by atoms with Crippen LogP contribution in [0.15, 0.2) is 36.5 Å². The predicted molar refractivity (Wildman–Crippen MR) is 50.1 cm³/mol. The second-order valence-corrected chi connectivity index (χ2v) is 2.42. The summed E-state index contributed by atoms with van der Waals surface area (Å²) in [4.78, 5) is 0. The van der Waals surface area contributed by atoms with Crippen LogP contribution in [0.3, 0.4) is 0 Å². The zero-order valence-electron chi connectivity index (χ0n) is 7.57. The van der Waals surface area contributed by atoms with Gasteiger partial charge in [-0.05, 0) is 27.7 Å². The van der Waals surface area contributed by atoms with Crippen LogP contribution in [0.1, 0.15) is 27.7 Å². The molecule has 0 aliphatic heterocycles. The molecule has 0 nitrogen and oxygen atoms in total. The summed E-state index contributed by atoms with van der Waals surface area (Å²) < 4.78 is 0. The molecule has 0 spiro atoms. The van der Waals surface area contributed by atoms with Crippen molar-refractivity contribution in [1.29, 1.82) is 0 Å². The van der Waals surface area contributed by atoms with E-state index in [2.05, 4.69) is 33.1 Å². The maximum atomic E-state index is 3.56. The van der Waals surface area contributed by atoms with E-state index in [-0.39, 0.29) is 0 Å². The zero-order chi connectivity index (χ0) is 8.57. The molecule has 10 heavy (non-hydrogen) atoms. The zero-order valence-corrected chi connectivity index (χ0v) is 7.57. The fourth-order valence-corrected chi connectivity index (χ4v) is 0. The Bertz CT molecular complexity index is 123. The minimum absolute atomic E-state index is 1.02. The van der Waals surface area contributed by atoms with Crippen LogP contribution in [0.5, 0.6) is 0 Å². The van der Waals surface area contributed by atoms with E-state index in [9.17, 15) is 0 Å². The SMILES string of the molecule is C=CC(=C)C.CC=C(C)C. The highest BCUT2D eigenvalue weighted by Crippen LogP contribution is 1.82. The van der Waals surface area contributed by atoms with Gasteiger partial charge in [0.05, 0.1) is 0 Å². The summed E-state index contributed by atoms with van der Waals surface area (Å²) in [5, 5.41) is 0. The van der Waals surface area contributed by atoms with E-state index in [0.29, 0.717) is 0 Å². The predicted octanol–water partition coefficient (Wildman–Crippen LogP) is 3.72. The molecule has 58 valence electrons. The Hall–Kier alpha value is -0.780. The molecular formula is C10H18. The van der Waals surface area contributed by atoms with Gasteiger partial charge in [-0.1, -0.05) is 36.5 Å². The molecule has 0 aliphatic carbocycles. The molecule has 0 aliphatic rings. The van der Waals surface area contributed by atoms with Crippen molar-refractivity contribution in [3.8, 4) is 0 Å². The monoisotopic (exact) mass is 138 g/mol. The van der Waals surface area contributed by atoms with Crippen molar-refractivity contribution in [2.75, 3.05) is 0 Å². The molecule has 0 heterocycles. The van der Waals surface area contributed by atoms with Crippen molar-refractivity contribution >= 4 is 0 Å². The van der Waals surface area contributed by atoms with Crippen LogP contribution < -0.4 is 0 Å². The van der Waals surface area contributed by atoms with Crippen LogP contribution in [-0.2, 0) is 0 Å². The molecule has 0 radical (unpaired) electrons. The normalized spacial score (nSPS) is 6.80. The van der Waals surface area contributed by atoms with E-state index in [1.54, 1.807) is 6.08 Å². The average molecular weight is 138 g/mol. The highest BCUT2D eigenvalue weighted by Gasteiger charge is 1.60. The summed E-state index contributed by atoms with van der Waals surface area (Å²) in [6, 6.07) is 0. The van der Waals surface area contributed by atoms with Gasteiger partial charge in [0.2, 0.25) is 0 Å². The van der Waals surface area contributed by atoms with Crippen LogP contribution in [0, 0.1) is 0 Å². The molecule has 0 fully saturated rings. The van der Waals surface area contributed by atoms with Gasteiger partial charge < -0.3 is 0 Å². The lowest BCUT2D eigenvalue weighted by Crippen LogP contribution is -1.52. The summed E-state index contributed by atoms with van der Waals surface area (Å²) in [5.41, 5.74) is 2.40. The third kappa shape index (κ3) is 26.9. The van der Waals surface area contributed by atoms with Crippen molar-refractivity contribution in [2.24, 2.45) is 0 Å². The van der Waals surface area contributed by atoms with Crippen molar-refractivity contribution < 1.29 is 0 Å². The van der Waals surface area contributed by atoms with Crippen molar-refractivity contribution in [3.63, 3.8) is 0 Å². The van der Waals surface area contributed by atoms with Gasteiger partial charge in [-0.2, -0.15) is 0 Å². The van der Waals surface area contributed by atoms with Crippen LogP contribution >= 0.6 is 0 Å². The molecule has 0 N–H and O–H groups in total.